The lowest BCUT2D eigenvalue weighted by Crippen LogP contribution is -2.48. The molecule has 1 fully saturated rings. The fourth-order valence-corrected chi connectivity index (χ4v) is 2.72. The van der Waals surface area contributed by atoms with Crippen molar-refractivity contribution in [2.45, 2.75) is 52.7 Å². The minimum atomic E-state index is -0.579. The van der Waals surface area contributed by atoms with Crippen LogP contribution in [0.2, 0.25) is 0 Å². The predicted molar refractivity (Wildman–Crippen MR) is 93.4 cm³/mol. The molecule has 0 spiro atoms. The van der Waals surface area contributed by atoms with Crippen LogP contribution in [-0.4, -0.2) is 43.7 Å². The van der Waals surface area contributed by atoms with Crippen molar-refractivity contribution in [2.24, 2.45) is 23.5 Å². The van der Waals surface area contributed by atoms with E-state index in [2.05, 4.69) is 24.5 Å². The quantitative estimate of drug-likeness (QED) is 0.641. The van der Waals surface area contributed by atoms with E-state index in [-0.39, 0.29) is 42.8 Å². The zero-order valence-electron chi connectivity index (χ0n) is 14.6. The molecular formula is C16H32ClN3O3. The first-order valence-corrected chi connectivity index (χ1v) is 8.24. The second-order valence-electron chi connectivity index (χ2n) is 6.77. The number of halogens is 1. The highest BCUT2D eigenvalue weighted by atomic mass is 35.5. The Bertz CT molecular complexity index is 378. The van der Waals surface area contributed by atoms with Crippen LogP contribution < -0.4 is 16.4 Å². The fraction of sp³-hybridized carbons (Fsp3) is 0.875. The standard InChI is InChI=1S/C16H31N3O3.ClH/c1-10(2)14(17)16(21)19-9-13(20)18-8-12-6-5-7-22-15(12)11(3)4;/h10-12,14-15H,5-9,17H2,1-4H3,(H,18,20)(H,19,21);1H/t12?,14-,15?;/m0./s1. The van der Waals surface area contributed by atoms with Crippen molar-refractivity contribution < 1.29 is 14.3 Å². The summed E-state index contributed by atoms with van der Waals surface area (Å²) >= 11 is 0. The van der Waals surface area contributed by atoms with Gasteiger partial charge in [-0.15, -0.1) is 12.4 Å². The van der Waals surface area contributed by atoms with Gasteiger partial charge >= 0.3 is 0 Å². The van der Waals surface area contributed by atoms with Crippen LogP contribution in [0.15, 0.2) is 0 Å². The van der Waals surface area contributed by atoms with E-state index in [1.165, 1.54) is 0 Å². The summed E-state index contributed by atoms with van der Waals surface area (Å²) in [6.07, 6.45) is 2.29. The monoisotopic (exact) mass is 349 g/mol. The summed E-state index contributed by atoms with van der Waals surface area (Å²) in [5, 5.41) is 5.46. The van der Waals surface area contributed by atoms with Crippen LogP contribution in [0, 0.1) is 17.8 Å². The molecule has 23 heavy (non-hydrogen) atoms. The van der Waals surface area contributed by atoms with E-state index in [1.807, 2.05) is 13.8 Å². The van der Waals surface area contributed by atoms with E-state index in [1.54, 1.807) is 0 Å². The first-order chi connectivity index (χ1) is 10.3. The largest absolute Gasteiger partial charge is 0.378 e. The van der Waals surface area contributed by atoms with Gasteiger partial charge in [-0.05, 0) is 24.7 Å². The highest BCUT2D eigenvalue weighted by molar-refractivity contribution is 5.87. The number of nitrogens with two attached hydrogens (primary N) is 1. The predicted octanol–water partition coefficient (Wildman–Crippen LogP) is 1.08. The number of hydrogen-bond acceptors (Lipinski definition) is 4. The molecule has 0 aromatic rings. The van der Waals surface area contributed by atoms with E-state index in [0.29, 0.717) is 18.4 Å². The number of amides is 2. The van der Waals surface area contributed by atoms with Crippen LogP contribution in [-0.2, 0) is 14.3 Å². The minimum Gasteiger partial charge on any atom is -0.378 e. The molecule has 1 heterocycles. The Morgan fingerprint density at radius 3 is 2.43 bits per heavy atom. The molecule has 7 heteroatoms. The van der Waals surface area contributed by atoms with Gasteiger partial charge in [0.15, 0.2) is 0 Å². The van der Waals surface area contributed by atoms with Gasteiger partial charge in [0.05, 0.1) is 18.7 Å². The average molecular weight is 350 g/mol. The second kappa shape index (κ2) is 10.8. The first kappa shape index (κ1) is 22.1. The number of ether oxygens (including phenoxy) is 1. The van der Waals surface area contributed by atoms with Gasteiger partial charge in [-0.25, -0.2) is 0 Å². The Morgan fingerprint density at radius 2 is 1.87 bits per heavy atom. The summed E-state index contributed by atoms with van der Waals surface area (Å²) in [6, 6.07) is -0.579. The molecule has 3 atom stereocenters. The molecule has 1 saturated heterocycles. The van der Waals surface area contributed by atoms with E-state index < -0.39 is 6.04 Å². The summed E-state index contributed by atoms with van der Waals surface area (Å²) < 4.78 is 5.80. The summed E-state index contributed by atoms with van der Waals surface area (Å²) in [6.45, 7) is 9.39. The van der Waals surface area contributed by atoms with Crippen LogP contribution in [0.1, 0.15) is 40.5 Å². The van der Waals surface area contributed by atoms with Gasteiger partial charge in [0, 0.05) is 19.1 Å². The second-order valence-corrected chi connectivity index (χ2v) is 6.77. The molecular weight excluding hydrogens is 318 g/mol. The third-order valence-electron chi connectivity index (χ3n) is 4.16. The molecule has 0 saturated carbocycles. The smallest absolute Gasteiger partial charge is 0.239 e. The number of carbonyl (C=O) groups excluding carboxylic acids is 2. The maximum Gasteiger partial charge on any atom is 0.239 e. The van der Waals surface area contributed by atoms with Gasteiger partial charge in [-0.3, -0.25) is 9.59 Å². The van der Waals surface area contributed by atoms with Crippen molar-refractivity contribution in [2.75, 3.05) is 19.7 Å². The topological polar surface area (TPSA) is 93.5 Å². The van der Waals surface area contributed by atoms with Gasteiger partial charge in [0.1, 0.15) is 0 Å². The molecule has 1 rings (SSSR count). The van der Waals surface area contributed by atoms with Crippen molar-refractivity contribution in [3.8, 4) is 0 Å². The SMILES string of the molecule is CC(C)C1OCCCC1CNC(=O)CNC(=O)[C@@H](N)C(C)C.Cl. The van der Waals surface area contributed by atoms with Gasteiger partial charge < -0.3 is 21.1 Å². The third kappa shape index (κ3) is 7.50. The number of hydrogen-bond donors (Lipinski definition) is 3. The van der Waals surface area contributed by atoms with Gasteiger partial charge in [0.25, 0.3) is 0 Å². The van der Waals surface area contributed by atoms with E-state index >= 15 is 0 Å². The van der Waals surface area contributed by atoms with Crippen LogP contribution >= 0.6 is 12.4 Å². The van der Waals surface area contributed by atoms with Crippen LogP contribution in [0.5, 0.6) is 0 Å². The van der Waals surface area contributed by atoms with Gasteiger partial charge in [0.2, 0.25) is 11.8 Å². The van der Waals surface area contributed by atoms with Crippen molar-refractivity contribution in [1.82, 2.24) is 10.6 Å². The molecule has 136 valence electrons. The number of carbonyl (C=O) groups is 2. The molecule has 2 unspecified atom stereocenters. The zero-order valence-corrected chi connectivity index (χ0v) is 15.4. The molecule has 0 radical (unpaired) electrons. The van der Waals surface area contributed by atoms with Crippen LogP contribution in [0.4, 0.5) is 0 Å². The molecule has 0 aliphatic carbocycles. The molecule has 1 aliphatic heterocycles. The summed E-state index contributed by atoms with van der Waals surface area (Å²) in [4.78, 5) is 23.6. The normalized spacial score (nSPS) is 22.4. The Labute approximate surface area is 145 Å². The Balaban J connectivity index is 0.00000484. The van der Waals surface area contributed by atoms with Crippen molar-refractivity contribution in [3.63, 3.8) is 0 Å². The molecule has 2 amide bonds. The summed E-state index contributed by atoms with van der Waals surface area (Å²) in [5.41, 5.74) is 5.73. The van der Waals surface area contributed by atoms with E-state index in [4.69, 9.17) is 10.5 Å². The Morgan fingerprint density at radius 1 is 1.22 bits per heavy atom. The van der Waals surface area contributed by atoms with Gasteiger partial charge in [-0.1, -0.05) is 27.7 Å². The maximum absolute atomic E-state index is 11.9. The lowest BCUT2D eigenvalue weighted by atomic mass is 9.87. The lowest BCUT2D eigenvalue weighted by molar-refractivity contribution is -0.127. The van der Waals surface area contributed by atoms with E-state index in [0.717, 1.165) is 19.4 Å². The molecule has 0 aromatic carbocycles. The van der Waals surface area contributed by atoms with Crippen LogP contribution in [0.25, 0.3) is 0 Å². The highest BCUT2D eigenvalue weighted by Crippen LogP contribution is 2.25. The number of nitrogens with one attached hydrogen (secondary N) is 2. The minimum absolute atomic E-state index is 0. The Kier molecular flexibility index (Phi) is 10.4. The summed E-state index contributed by atoms with van der Waals surface area (Å²) in [7, 11) is 0. The van der Waals surface area contributed by atoms with Crippen molar-refractivity contribution >= 4 is 24.2 Å². The molecule has 6 nitrogen and oxygen atoms in total. The fourth-order valence-electron chi connectivity index (χ4n) is 2.72. The lowest BCUT2D eigenvalue weighted by Gasteiger charge is -2.34. The first-order valence-electron chi connectivity index (χ1n) is 8.24. The molecule has 1 aliphatic rings. The summed E-state index contributed by atoms with van der Waals surface area (Å²) in [5.74, 6) is 0.357. The van der Waals surface area contributed by atoms with Crippen molar-refractivity contribution in [3.05, 3.63) is 0 Å². The Hall–Kier alpha value is -0.850. The zero-order chi connectivity index (χ0) is 16.7. The molecule has 0 aromatic heterocycles. The molecule has 0 bridgehead atoms. The number of rotatable bonds is 7. The molecule has 4 N–H and O–H groups in total. The van der Waals surface area contributed by atoms with Crippen LogP contribution in [0.3, 0.4) is 0 Å². The maximum atomic E-state index is 11.9. The van der Waals surface area contributed by atoms with Crippen molar-refractivity contribution in [1.29, 1.82) is 0 Å². The van der Waals surface area contributed by atoms with E-state index in [9.17, 15) is 9.59 Å². The van der Waals surface area contributed by atoms with Gasteiger partial charge in [-0.2, -0.15) is 0 Å². The third-order valence-corrected chi connectivity index (χ3v) is 4.16. The average Bonchev–Trinajstić information content (AvgIpc) is 2.49. The highest BCUT2D eigenvalue weighted by Gasteiger charge is 2.28.